The summed E-state index contributed by atoms with van der Waals surface area (Å²) in [6.07, 6.45) is 1.44. The Balaban J connectivity index is 2.63. The summed E-state index contributed by atoms with van der Waals surface area (Å²) in [4.78, 5) is 23.7. The van der Waals surface area contributed by atoms with Crippen LogP contribution in [0.3, 0.4) is 0 Å². The number of benzene rings is 1. The van der Waals surface area contributed by atoms with Crippen LogP contribution in [-0.2, 0) is 11.3 Å². The van der Waals surface area contributed by atoms with E-state index in [1.54, 1.807) is 24.3 Å². The van der Waals surface area contributed by atoms with Gasteiger partial charge in [0.05, 0.1) is 5.69 Å². The third kappa shape index (κ3) is 3.39. The Hall–Kier alpha value is -1.64. The Bertz CT molecular complexity index is 369. The predicted molar refractivity (Wildman–Crippen MR) is 52.3 cm³/mol. The topological polar surface area (TPSA) is 58.5 Å². The molecular weight excluding hydrogens is 204 g/mol. The molecule has 0 bridgehead atoms. The van der Waals surface area contributed by atoms with Crippen LogP contribution in [0.4, 0.5) is 10.5 Å². The summed E-state index contributed by atoms with van der Waals surface area (Å²) >= 11 is 5.09. The van der Waals surface area contributed by atoms with E-state index in [0.29, 0.717) is 12.2 Å². The molecule has 0 aliphatic carbocycles. The minimum atomic E-state index is -0.597. The summed E-state index contributed by atoms with van der Waals surface area (Å²) < 4.78 is 0. The molecule has 1 rings (SSSR count). The largest absolute Gasteiger partial charge is 0.339 e. The second-order valence-electron chi connectivity index (χ2n) is 2.50. The van der Waals surface area contributed by atoms with Crippen molar-refractivity contribution in [2.24, 2.45) is 4.99 Å². The SMILES string of the molecule is O=C=Nc1ccc(CNC(=O)Cl)cc1. The van der Waals surface area contributed by atoms with Crippen molar-refractivity contribution in [1.29, 1.82) is 0 Å². The molecule has 1 aromatic carbocycles. The van der Waals surface area contributed by atoms with Crippen LogP contribution in [0.25, 0.3) is 0 Å². The van der Waals surface area contributed by atoms with E-state index >= 15 is 0 Å². The molecule has 0 aliphatic heterocycles. The molecule has 1 N–H and O–H groups in total. The molecule has 0 aliphatic rings. The van der Waals surface area contributed by atoms with E-state index in [9.17, 15) is 9.59 Å². The number of rotatable bonds is 3. The van der Waals surface area contributed by atoms with Gasteiger partial charge in [-0.2, -0.15) is 4.99 Å². The average molecular weight is 211 g/mol. The third-order valence-electron chi connectivity index (χ3n) is 1.54. The molecule has 0 saturated carbocycles. The first-order chi connectivity index (χ1) is 6.72. The highest BCUT2D eigenvalue weighted by Crippen LogP contribution is 2.11. The number of nitrogens with zero attached hydrogens (tertiary/aromatic N) is 1. The Morgan fingerprint density at radius 2 is 2.07 bits per heavy atom. The molecule has 0 unspecified atom stereocenters. The Morgan fingerprint density at radius 3 is 2.57 bits per heavy atom. The van der Waals surface area contributed by atoms with Crippen LogP contribution in [0.5, 0.6) is 0 Å². The van der Waals surface area contributed by atoms with Crippen LogP contribution in [0.1, 0.15) is 5.56 Å². The summed E-state index contributed by atoms with van der Waals surface area (Å²) in [7, 11) is 0. The van der Waals surface area contributed by atoms with Gasteiger partial charge in [0.1, 0.15) is 0 Å². The first-order valence-electron chi connectivity index (χ1n) is 3.82. The maximum atomic E-state index is 10.4. The maximum Gasteiger partial charge on any atom is 0.314 e. The Kier molecular flexibility index (Phi) is 3.85. The van der Waals surface area contributed by atoms with E-state index in [1.165, 1.54) is 6.08 Å². The third-order valence-corrected chi connectivity index (χ3v) is 1.68. The van der Waals surface area contributed by atoms with Crippen LogP contribution in [0, 0.1) is 0 Å². The smallest absolute Gasteiger partial charge is 0.314 e. The summed E-state index contributed by atoms with van der Waals surface area (Å²) in [5, 5.41) is 1.83. The van der Waals surface area contributed by atoms with Gasteiger partial charge in [-0.05, 0) is 29.3 Å². The van der Waals surface area contributed by atoms with E-state index in [4.69, 9.17) is 11.6 Å². The lowest BCUT2D eigenvalue weighted by atomic mass is 10.2. The molecule has 0 saturated heterocycles. The van der Waals surface area contributed by atoms with Crippen LogP contribution in [0.2, 0.25) is 0 Å². The fourth-order valence-electron chi connectivity index (χ4n) is 0.913. The quantitative estimate of drug-likeness (QED) is 0.360. The van der Waals surface area contributed by atoms with Crippen molar-refractivity contribution < 1.29 is 9.59 Å². The minimum absolute atomic E-state index is 0.355. The van der Waals surface area contributed by atoms with Gasteiger partial charge in [0, 0.05) is 6.54 Å². The number of isocyanates is 1. The van der Waals surface area contributed by atoms with Gasteiger partial charge < -0.3 is 5.32 Å². The molecule has 0 atom stereocenters. The van der Waals surface area contributed by atoms with Gasteiger partial charge in [-0.25, -0.2) is 4.79 Å². The number of nitrogens with one attached hydrogen (secondary N) is 1. The average Bonchev–Trinajstić information content (AvgIpc) is 2.17. The van der Waals surface area contributed by atoms with Gasteiger partial charge >= 0.3 is 5.37 Å². The van der Waals surface area contributed by atoms with Gasteiger partial charge in [-0.1, -0.05) is 12.1 Å². The second-order valence-corrected chi connectivity index (χ2v) is 2.84. The highest BCUT2D eigenvalue weighted by Gasteiger charge is 1.95. The summed E-state index contributed by atoms with van der Waals surface area (Å²) in [5.74, 6) is 0. The molecule has 72 valence electrons. The van der Waals surface area contributed by atoms with E-state index in [2.05, 4.69) is 10.3 Å². The molecular formula is C9H7ClN2O2. The number of hydrogen-bond donors (Lipinski definition) is 1. The van der Waals surface area contributed by atoms with Crippen molar-refractivity contribution in [1.82, 2.24) is 5.32 Å². The summed E-state index contributed by atoms with van der Waals surface area (Å²) in [5.41, 5.74) is 1.41. The molecule has 4 nitrogen and oxygen atoms in total. The standard InChI is InChI=1S/C9H7ClN2O2/c10-9(14)11-5-7-1-3-8(4-2-7)12-6-13/h1-4H,5H2,(H,11,14). The Labute approximate surface area is 85.6 Å². The normalized spacial score (nSPS) is 8.93. The number of amides is 1. The summed E-state index contributed by atoms with van der Waals surface area (Å²) in [6.45, 7) is 0.355. The van der Waals surface area contributed by atoms with Crippen LogP contribution in [0.15, 0.2) is 29.3 Å². The fourth-order valence-corrected chi connectivity index (χ4v) is 0.979. The van der Waals surface area contributed by atoms with Gasteiger partial charge in [0.25, 0.3) is 0 Å². The van der Waals surface area contributed by atoms with Gasteiger partial charge in [-0.3, -0.25) is 4.79 Å². The number of hydrogen-bond acceptors (Lipinski definition) is 3. The Morgan fingerprint density at radius 1 is 1.43 bits per heavy atom. The van der Waals surface area contributed by atoms with Gasteiger partial charge in [0.2, 0.25) is 6.08 Å². The van der Waals surface area contributed by atoms with Gasteiger partial charge in [0.15, 0.2) is 0 Å². The molecule has 0 spiro atoms. The van der Waals surface area contributed by atoms with Crippen molar-refractivity contribution in [3.63, 3.8) is 0 Å². The molecule has 0 aromatic heterocycles. The first-order valence-corrected chi connectivity index (χ1v) is 4.20. The van der Waals surface area contributed by atoms with Crippen molar-refractivity contribution >= 4 is 28.7 Å². The fraction of sp³-hybridized carbons (Fsp3) is 0.111. The molecule has 14 heavy (non-hydrogen) atoms. The van der Waals surface area contributed by atoms with Gasteiger partial charge in [-0.15, -0.1) is 0 Å². The second kappa shape index (κ2) is 5.17. The van der Waals surface area contributed by atoms with Crippen LogP contribution in [-0.4, -0.2) is 11.4 Å². The molecule has 1 amide bonds. The molecule has 1 aromatic rings. The molecule has 0 fully saturated rings. The highest BCUT2D eigenvalue weighted by atomic mass is 35.5. The lowest BCUT2D eigenvalue weighted by Gasteiger charge is -2.00. The zero-order chi connectivity index (χ0) is 10.4. The zero-order valence-corrected chi connectivity index (χ0v) is 7.91. The minimum Gasteiger partial charge on any atom is -0.339 e. The first kappa shape index (κ1) is 10.4. The zero-order valence-electron chi connectivity index (χ0n) is 7.16. The highest BCUT2D eigenvalue weighted by molar-refractivity contribution is 6.62. The van der Waals surface area contributed by atoms with E-state index < -0.39 is 5.37 Å². The number of aliphatic imine (C=N–C) groups is 1. The van der Waals surface area contributed by atoms with E-state index in [0.717, 1.165) is 5.56 Å². The number of carbonyl (C=O) groups is 1. The van der Waals surface area contributed by atoms with E-state index in [-0.39, 0.29) is 0 Å². The summed E-state index contributed by atoms with van der Waals surface area (Å²) in [6, 6.07) is 6.78. The molecule has 5 heteroatoms. The van der Waals surface area contributed by atoms with Crippen molar-refractivity contribution in [2.75, 3.05) is 0 Å². The van der Waals surface area contributed by atoms with Crippen molar-refractivity contribution in [3.05, 3.63) is 29.8 Å². The predicted octanol–water partition coefficient (Wildman–Crippen LogP) is 2.10. The van der Waals surface area contributed by atoms with E-state index in [1.807, 2.05) is 0 Å². The van der Waals surface area contributed by atoms with Crippen molar-refractivity contribution in [2.45, 2.75) is 6.54 Å². The van der Waals surface area contributed by atoms with Crippen molar-refractivity contribution in [3.8, 4) is 0 Å². The lowest BCUT2D eigenvalue weighted by Crippen LogP contribution is -2.15. The number of halogens is 1. The van der Waals surface area contributed by atoms with Crippen LogP contribution >= 0.6 is 11.6 Å². The number of carbonyl (C=O) groups excluding carboxylic acids is 2. The molecule has 0 radical (unpaired) electrons. The monoisotopic (exact) mass is 210 g/mol. The molecule has 0 heterocycles. The maximum absolute atomic E-state index is 10.4. The van der Waals surface area contributed by atoms with Crippen LogP contribution < -0.4 is 5.32 Å². The lowest BCUT2D eigenvalue weighted by molar-refractivity contribution is 0.259.